The quantitative estimate of drug-likeness (QED) is 0.453. The Balaban J connectivity index is 1.71. The van der Waals surface area contributed by atoms with E-state index in [0.29, 0.717) is 15.4 Å². The van der Waals surface area contributed by atoms with Crippen LogP contribution in [0.2, 0.25) is 0 Å². The number of carbonyl (C=O) groups is 1. The lowest BCUT2D eigenvalue weighted by Gasteiger charge is -2.33. The highest BCUT2D eigenvalue weighted by atomic mass is 32.2. The first-order chi connectivity index (χ1) is 14.0. The van der Waals surface area contributed by atoms with Crippen molar-refractivity contribution in [3.8, 4) is 5.69 Å². The van der Waals surface area contributed by atoms with Crippen molar-refractivity contribution in [3.05, 3.63) is 51.1 Å². The SMILES string of the molecule is Cc1ccc(-n2c(SCC(=O)N3CCCC[C@@H]3C)nc3ccsc3c2=O)c(C)c1. The Morgan fingerprint density at radius 2 is 2.10 bits per heavy atom. The van der Waals surface area contributed by atoms with Crippen LogP contribution in [0.15, 0.2) is 39.6 Å². The Hall–Kier alpha value is -2.12. The number of fused-ring (bicyclic) bond motifs is 1. The van der Waals surface area contributed by atoms with Gasteiger partial charge in [-0.2, -0.15) is 0 Å². The molecule has 0 saturated carbocycles. The van der Waals surface area contributed by atoms with Crippen molar-refractivity contribution in [3.63, 3.8) is 0 Å². The summed E-state index contributed by atoms with van der Waals surface area (Å²) in [6.45, 7) is 6.97. The number of likely N-dealkylation sites (tertiary alicyclic amines) is 1. The number of amides is 1. The largest absolute Gasteiger partial charge is 0.339 e. The van der Waals surface area contributed by atoms with Crippen molar-refractivity contribution in [2.75, 3.05) is 12.3 Å². The molecular formula is C22H25N3O2S2. The van der Waals surface area contributed by atoms with E-state index in [-0.39, 0.29) is 23.3 Å². The fourth-order valence-corrected chi connectivity index (χ4v) is 5.59. The second-order valence-electron chi connectivity index (χ2n) is 7.68. The van der Waals surface area contributed by atoms with Crippen LogP contribution in [0.4, 0.5) is 0 Å². The molecule has 29 heavy (non-hydrogen) atoms. The van der Waals surface area contributed by atoms with E-state index >= 15 is 0 Å². The molecule has 3 heterocycles. The fourth-order valence-electron chi connectivity index (χ4n) is 3.94. The third-order valence-corrected chi connectivity index (χ3v) is 7.31. The van der Waals surface area contributed by atoms with Gasteiger partial charge in [0.15, 0.2) is 5.16 Å². The maximum atomic E-state index is 13.3. The van der Waals surface area contributed by atoms with Crippen molar-refractivity contribution in [1.29, 1.82) is 0 Å². The number of thioether (sulfide) groups is 1. The van der Waals surface area contributed by atoms with Gasteiger partial charge in [0.05, 0.1) is 17.0 Å². The summed E-state index contributed by atoms with van der Waals surface area (Å²) in [6, 6.07) is 8.18. The van der Waals surface area contributed by atoms with Gasteiger partial charge < -0.3 is 4.90 Å². The minimum absolute atomic E-state index is 0.0711. The summed E-state index contributed by atoms with van der Waals surface area (Å²) in [6.07, 6.45) is 3.30. The molecule has 0 unspecified atom stereocenters. The minimum atomic E-state index is -0.0711. The van der Waals surface area contributed by atoms with Crippen LogP contribution in [0.5, 0.6) is 0 Å². The summed E-state index contributed by atoms with van der Waals surface area (Å²) in [5.41, 5.74) is 3.61. The van der Waals surface area contributed by atoms with Gasteiger partial charge in [0, 0.05) is 12.6 Å². The van der Waals surface area contributed by atoms with E-state index in [4.69, 9.17) is 4.98 Å². The van der Waals surface area contributed by atoms with Gasteiger partial charge in [-0.15, -0.1) is 11.3 Å². The Morgan fingerprint density at radius 1 is 1.28 bits per heavy atom. The van der Waals surface area contributed by atoms with E-state index in [1.807, 2.05) is 42.3 Å². The van der Waals surface area contributed by atoms with Crippen molar-refractivity contribution in [1.82, 2.24) is 14.5 Å². The highest BCUT2D eigenvalue weighted by molar-refractivity contribution is 7.99. The monoisotopic (exact) mass is 427 g/mol. The number of hydrogen-bond donors (Lipinski definition) is 0. The average Bonchev–Trinajstić information content (AvgIpc) is 3.16. The molecule has 3 aromatic rings. The maximum absolute atomic E-state index is 13.3. The van der Waals surface area contributed by atoms with Crippen LogP contribution in [-0.4, -0.2) is 38.7 Å². The number of piperidine rings is 1. The smallest absolute Gasteiger partial charge is 0.276 e. The van der Waals surface area contributed by atoms with E-state index < -0.39 is 0 Å². The molecule has 152 valence electrons. The zero-order valence-corrected chi connectivity index (χ0v) is 18.6. The standard InChI is InChI=1S/C22H25N3O2S2/c1-14-7-8-18(15(2)12-14)25-21(27)20-17(9-11-28-20)23-22(25)29-13-19(26)24-10-5-4-6-16(24)3/h7-9,11-12,16H,4-6,10,13H2,1-3H3/t16-/m0/s1. The maximum Gasteiger partial charge on any atom is 0.276 e. The van der Waals surface area contributed by atoms with E-state index in [1.54, 1.807) is 4.57 Å². The van der Waals surface area contributed by atoms with E-state index in [2.05, 4.69) is 13.0 Å². The Labute approximate surface area is 178 Å². The van der Waals surface area contributed by atoms with Gasteiger partial charge in [-0.3, -0.25) is 14.2 Å². The van der Waals surface area contributed by atoms with Crippen LogP contribution in [0, 0.1) is 13.8 Å². The summed E-state index contributed by atoms with van der Waals surface area (Å²) in [5, 5.41) is 2.46. The first kappa shape index (κ1) is 20.2. The zero-order chi connectivity index (χ0) is 20.5. The van der Waals surface area contributed by atoms with E-state index in [0.717, 1.165) is 36.2 Å². The van der Waals surface area contributed by atoms with Gasteiger partial charge in [0.1, 0.15) is 4.70 Å². The van der Waals surface area contributed by atoms with Crippen molar-refractivity contribution >= 4 is 39.2 Å². The number of aryl methyl sites for hydroxylation is 2. The molecule has 5 nitrogen and oxygen atoms in total. The first-order valence-electron chi connectivity index (χ1n) is 9.96. The predicted octanol–water partition coefficient (Wildman–Crippen LogP) is 4.56. The Bertz CT molecular complexity index is 1120. The molecule has 1 atom stereocenters. The van der Waals surface area contributed by atoms with Crippen LogP contribution in [-0.2, 0) is 4.79 Å². The zero-order valence-electron chi connectivity index (χ0n) is 17.0. The molecule has 0 spiro atoms. The third-order valence-electron chi connectivity index (χ3n) is 5.49. The minimum Gasteiger partial charge on any atom is -0.339 e. The second-order valence-corrected chi connectivity index (χ2v) is 9.54. The van der Waals surface area contributed by atoms with Crippen molar-refractivity contribution in [2.45, 2.75) is 51.2 Å². The van der Waals surface area contributed by atoms with Crippen LogP contribution in [0.3, 0.4) is 0 Å². The molecule has 1 aliphatic rings. The number of aromatic nitrogens is 2. The first-order valence-corrected chi connectivity index (χ1v) is 11.8. The highest BCUT2D eigenvalue weighted by Gasteiger charge is 2.24. The Kier molecular flexibility index (Phi) is 5.79. The lowest BCUT2D eigenvalue weighted by Crippen LogP contribution is -2.43. The van der Waals surface area contributed by atoms with Gasteiger partial charge in [0.25, 0.3) is 5.56 Å². The number of nitrogens with zero attached hydrogens (tertiary/aromatic N) is 3. The molecule has 0 radical (unpaired) electrons. The molecule has 0 bridgehead atoms. The third kappa shape index (κ3) is 3.98. The number of rotatable bonds is 4. The summed E-state index contributed by atoms with van der Waals surface area (Å²) in [7, 11) is 0. The fraction of sp³-hybridized carbons (Fsp3) is 0.409. The number of carbonyl (C=O) groups excluding carboxylic acids is 1. The van der Waals surface area contributed by atoms with Gasteiger partial charge in [0.2, 0.25) is 5.91 Å². The molecule has 1 aromatic carbocycles. The van der Waals surface area contributed by atoms with Crippen LogP contribution < -0.4 is 5.56 Å². The van der Waals surface area contributed by atoms with E-state index in [1.165, 1.54) is 29.5 Å². The van der Waals surface area contributed by atoms with Gasteiger partial charge in [-0.25, -0.2) is 4.98 Å². The molecule has 7 heteroatoms. The summed E-state index contributed by atoms with van der Waals surface area (Å²) < 4.78 is 2.32. The van der Waals surface area contributed by atoms with Gasteiger partial charge in [-0.05, 0) is 63.1 Å². The van der Waals surface area contributed by atoms with Gasteiger partial charge >= 0.3 is 0 Å². The number of thiophene rings is 1. The second kappa shape index (κ2) is 8.32. The summed E-state index contributed by atoms with van der Waals surface area (Å²) in [4.78, 5) is 32.8. The topological polar surface area (TPSA) is 55.2 Å². The molecule has 2 aromatic heterocycles. The van der Waals surface area contributed by atoms with Crippen LogP contribution in [0.1, 0.15) is 37.3 Å². The predicted molar refractivity (Wildman–Crippen MR) is 120 cm³/mol. The molecular weight excluding hydrogens is 402 g/mol. The molecule has 1 saturated heterocycles. The number of benzene rings is 1. The lowest BCUT2D eigenvalue weighted by atomic mass is 10.0. The van der Waals surface area contributed by atoms with Gasteiger partial charge in [-0.1, -0.05) is 29.5 Å². The van der Waals surface area contributed by atoms with Crippen LogP contribution >= 0.6 is 23.1 Å². The molecule has 0 aliphatic carbocycles. The highest BCUT2D eigenvalue weighted by Crippen LogP contribution is 2.26. The van der Waals surface area contributed by atoms with E-state index in [9.17, 15) is 9.59 Å². The molecule has 1 amide bonds. The van der Waals surface area contributed by atoms with Crippen molar-refractivity contribution in [2.24, 2.45) is 0 Å². The van der Waals surface area contributed by atoms with Crippen molar-refractivity contribution < 1.29 is 4.79 Å². The Morgan fingerprint density at radius 3 is 2.86 bits per heavy atom. The number of hydrogen-bond acceptors (Lipinski definition) is 5. The van der Waals surface area contributed by atoms with Crippen LogP contribution in [0.25, 0.3) is 15.9 Å². The summed E-state index contributed by atoms with van der Waals surface area (Å²) in [5.74, 6) is 0.409. The molecule has 0 N–H and O–H groups in total. The summed E-state index contributed by atoms with van der Waals surface area (Å²) >= 11 is 2.76. The normalized spacial score (nSPS) is 17.1. The molecule has 4 rings (SSSR count). The lowest BCUT2D eigenvalue weighted by molar-refractivity contribution is -0.131. The molecule has 1 fully saturated rings. The molecule has 1 aliphatic heterocycles. The average molecular weight is 428 g/mol.